The van der Waals surface area contributed by atoms with E-state index in [9.17, 15) is 5.11 Å². The fourth-order valence-corrected chi connectivity index (χ4v) is 3.33. The highest BCUT2D eigenvalue weighted by Gasteiger charge is 2.18. The number of halogens is 1. The molecule has 0 saturated carbocycles. The molecule has 1 radical (unpaired) electrons. The van der Waals surface area contributed by atoms with Gasteiger partial charge >= 0.3 is 6.01 Å². The lowest BCUT2D eigenvalue weighted by Gasteiger charge is -2.05. The number of oxazole rings is 1. The Balaban J connectivity index is 1.79. The number of rotatable bonds is 5. The van der Waals surface area contributed by atoms with Crippen molar-refractivity contribution in [3.63, 3.8) is 0 Å². The van der Waals surface area contributed by atoms with Crippen LogP contribution in [0.25, 0.3) is 22.7 Å². The van der Waals surface area contributed by atoms with Gasteiger partial charge < -0.3 is 9.15 Å². The van der Waals surface area contributed by atoms with Gasteiger partial charge in [-0.3, -0.25) is 5.11 Å². The molecule has 0 aliphatic carbocycles. The molecule has 0 atom stereocenters. The van der Waals surface area contributed by atoms with Gasteiger partial charge in [0.2, 0.25) is 5.89 Å². The molecule has 0 fully saturated rings. The molecule has 0 amide bonds. The molecule has 0 unspecified atom stereocenters. The Morgan fingerprint density at radius 1 is 1.07 bits per heavy atom. The van der Waals surface area contributed by atoms with Crippen LogP contribution in [0, 0.1) is 13.8 Å². The third-order valence-electron chi connectivity index (χ3n) is 4.51. The number of hydrogen-bond acceptors (Lipinski definition) is 5. The predicted octanol–water partition coefficient (Wildman–Crippen LogP) is 6.44. The fourth-order valence-electron chi connectivity index (χ4n) is 3.15. The molecule has 0 N–H and O–H groups in total. The van der Waals surface area contributed by atoms with Crippen LogP contribution in [0.3, 0.4) is 0 Å². The van der Waals surface area contributed by atoms with Crippen LogP contribution in [0.5, 0.6) is 17.5 Å². The number of aromatic nitrogens is 3. The molecule has 147 valence electrons. The lowest BCUT2D eigenvalue weighted by molar-refractivity contribution is 0.348. The summed E-state index contributed by atoms with van der Waals surface area (Å²) in [5.74, 6) is 0.961. The molecule has 6 nitrogen and oxygen atoms in total. The number of fused-ring (bicyclic) bond motifs is 1. The molecule has 0 bridgehead atoms. The topological polar surface area (TPSA) is 80.9 Å². The Labute approximate surface area is 173 Å². The van der Waals surface area contributed by atoms with Crippen LogP contribution in [0.4, 0.5) is 0 Å². The van der Waals surface area contributed by atoms with E-state index in [1.54, 1.807) is 50.2 Å². The molecular formula is C22H19ClN3O3. The van der Waals surface area contributed by atoms with Crippen molar-refractivity contribution in [2.75, 3.05) is 0 Å². The van der Waals surface area contributed by atoms with Crippen molar-refractivity contribution in [1.29, 1.82) is 0 Å². The highest BCUT2D eigenvalue weighted by molar-refractivity contribution is 6.30. The minimum Gasteiger partial charge on any atom is -0.424 e. The van der Waals surface area contributed by atoms with Crippen LogP contribution in [-0.4, -0.2) is 15.0 Å². The standard InChI is InChI=1S/C22H19ClN3O3/c1-4-6-17-18-21(26-22(24-17)28-16-8-5-7-15(23)11-16)29-20(25-18)14-9-12(2)19(27)13(3)10-14/h5,7-11H,4,6H2,1-3H3. The van der Waals surface area contributed by atoms with Crippen LogP contribution in [0.1, 0.15) is 30.2 Å². The van der Waals surface area contributed by atoms with Crippen molar-refractivity contribution in [3.05, 3.63) is 58.2 Å². The Kier molecular flexibility index (Phi) is 5.11. The largest absolute Gasteiger partial charge is 0.424 e. The fraction of sp³-hybridized carbons (Fsp3) is 0.227. The van der Waals surface area contributed by atoms with E-state index in [0.717, 1.165) is 17.7 Å². The van der Waals surface area contributed by atoms with E-state index in [1.807, 2.05) is 0 Å². The van der Waals surface area contributed by atoms with Gasteiger partial charge in [0.05, 0.1) is 5.69 Å². The molecule has 4 rings (SSSR count). The molecule has 0 aliphatic heterocycles. The number of hydrogen-bond donors (Lipinski definition) is 0. The summed E-state index contributed by atoms with van der Waals surface area (Å²) < 4.78 is 11.7. The van der Waals surface area contributed by atoms with Crippen LogP contribution in [0.15, 0.2) is 40.8 Å². The molecule has 0 aliphatic rings. The molecular weight excluding hydrogens is 390 g/mol. The van der Waals surface area contributed by atoms with E-state index in [1.165, 1.54) is 0 Å². The summed E-state index contributed by atoms with van der Waals surface area (Å²) in [5, 5.41) is 12.6. The van der Waals surface area contributed by atoms with Crippen molar-refractivity contribution in [3.8, 4) is 29.0 Å². The van der Waals surface area contributed by atoms with Crippen LogP contribution >= 0.6 is 11.6 Å². The number of benzene rings is 2. The first-order chi connectivity index (χ1) is 13.9. The third kappa shape index (κ3) is 3.89. The summed E-state index contributed by atoms with van der Waals surface area (Å²) in [6.45, 7) is 5.62. The second-order valence-electron chi connectivity index (χ2n) is 6.87. The zero-order chi connectivity index (χ0) is 20.5. The van der Waals surface area contributed by atoms with E-state index in [-0.39, 0.29) is 11.8 Å². The highest BCUT2D eigenvalue weighted by atomic mass is 35.5. The Bertz CT molecular complexity index is 1180. The van der Waals surface area contributed by atoms with E-state index in [0.29, 0.717) is 45.4 Å². The molecule has 2 aromatic carbocycles. The third-order valence-corrected chi connectivity index (χ3v) is 4.74. The van der Waals surface area contributed by atoms with Crippen LogP contribution < -0.4 is 4.74 Å². The summed E-state index contributed by atoms with van der Waals surface area (Å²) in [6.07, 6.45) is 1.59. The zero-order valence-electron chi connectivity index (χ0n) is 16.3. The van der Waals surface area contributed by atoms with Crippen molar-refractivity contribution >= 4 is 22.8 Å². The summed E-state index contributed by atoms with van der Waals surface area (Å²) >= 11 is 6.02. The van der Waals surface area contributed by atoms with Gasteiger partial charge in [-0.15, -0.1) is 0 Å². The number of aryl methyl sites for hydroxylation is 3. The average Bonchev–Trinajstić information content (AvgIpc) is 3.10. The van der Waals surface area contributed by atoms with Gasteiger partial charge in [-0.2, -0.15) is 9.97 Å². The normalized spacial score (nSPS) is 11.2. The molecule has 4 aromatic rings. The summed E-state index contributed by atoms with van der Waals surface area (Å²) in [4.78, 5) is 13.5. The van der Waals surface area contributed by atoms with Gasteiger partial charge in [-0.05, 0) is 61.7 Å². The van der Waals surface area contributed by atoms with E-state index in [4.69, 9.17) is 20.8 Å². The first-order valence-corrected chi connectivity index (χ1v) is 9.72. The Hall–Kier alpha value is -3.12. The van der Waals surface area contributed by atoms with Crippen molar-refractivity contribution in [2.24, 2.45) is 0 Å². The summed E-state index contributed by atoms with van der Waals surface area (Å²) in [6, 6.07) is 10.7. The van der Waals surface area contributed by atoms with Gasteiger partial charge in [-0.25, -0.2) is 4.98 Å². The maximum absolute atomic E-state index is 12.0. The lowest BCUT2D eigenvalue weighted by Crippen LogP contribution is -1.98. The van der Waals surface area contributed by atoms with Crippen molar-refractivity contribution in [1.82, 2.24) is 15.0 Å². The molecule has 0 spiro atoms. The van der Waals surface area contributed by atoms with E-state index < -0.39 is 0 Å². The Morgan fingerprint density at radius 3 is 2.52 bits per heavy atom. The maximum Gasteiger partial charge on any atom is 0.325 e. The zero-order valence-corrected chi connectivity index (χ0v) is 17.1. The average molecular weight is 409 g/mol. The maximum atomic E-state index is 12.0. The SMILES string of the molecule is CCCc1nc(Oc2cccc(Cl)c2)nc2oc(-c3cc(C)c([O])c(C)c3)nc12. The molecule has 0 saturated heterocycles. The van der Waals surface area contributed by atoms with Crippen molar-refractivity contribution in [2.45, 2.75) is 33.6 Å². The van der Waals surface area contributed by atoms with E-state index in [2.05, 4.69) is 21.9 Å². The second kappa shape index (κ2) is 7.72. The molecule has 2 heterocycles. The molecule has 7 heteroatoms. The smallest absolute Gasteiger partial charge is 0.325 e. The first-order valence-electron chi connectivity index (χ1n) is 9.34. The highest BCUT2D eigenvalue weighted by Crippen LogP contribution is 2.32. The minimum absolute atomic E-state index is 0.0218. The van der Waals surface area contributed by atoms with Crippen LogP contribution in [-0.2, 0) is 11.5 Å². The Morgan fingerprint density at radius 2 is 1.83 bits per heavy atom. The first kappa shape index (κ1) is 19.2. The van der Waals surface area contributed by atoms with E-state index >= 15 is 0 Å². The van der Waals surface area contributed by atoms with Gasteiger partial charge in [0, 0.05) is 10.6 Å². The van der Waals surface area contributed by atoms with Crippen molar-refractivity contribution < 1.29 is 14.3 Å². The molecule has 29 heavy (non-hydrogen) atoms. The lowest BCUT2D eigenvalue weighted by atomic mass is 10.1. The molecule has 2 aromatic heterocycles. The van der Waals surface area contributed by atoms with Gasteiger partial charge in [0.1, 0.15) is 5.75 Å². The van der Waals surface area contributed by atoms with Gasteiger partial charge in [-0.1, -0.05) is 31.0 Å². The quantitative estimate of drug-likeness (QED) is 0.379. The monoisotopic (exact) mass is 408 g/mol. The summed E-state index contributed by atoms with van der Waals surface area (Å²) in [7, 11) is 0. The number of ether oxygens (including phenoxy) is 1. The minimum atomic E-state index is 0.0218. The predicted molar refractivity (Wildman–Crippen MR) is 110 cm³/mol. The second-order valence-corrected chi connectivity index (χ2v) is 7.31. The van der Waals surface area contributed by atoms with Gasteiger partial charge in [0.15, 0.2) is 11.3 Å². The summed E-state index contributed by atoms with van der Waals surface area (Å²) in [5.41, 5.74) is 3.72. The van der Waals surface area contributed by atoms with Crippen LogP contribution in [0.2, 0.25) is 5.02 Å². The number of nitrogens with zero attached hydrogens (tertiary/aromatic N) is 3. The van der Waals surface area contributed by atoms with Gasteiger partial charge in [0.25, 0.3) is 5.71 Å².